The van der Waals surface area contributed by atoms with Crippen LogP contribution in [0.5, 0.6) is 11.5 Å². The summed E-state index contributed by atoms with van der Waals surface area (Å²) in [6.07, 6.45) is 1.73. The summed E-state index contributed by atoms with van der Waals surface area (Å²) in [6.45, 7) is 0.493. The van der Waals surface area contributed by atoms with Gasteiger partial charge in [-0.3, -0.25) is 9.69 Å². The molecule has 2 heterocycles. The highest BCUT2D eigenvalue weighted by Gasteiger charge is 2.31. The number of benzene rings is 2. The number of halogens is 2. The van der Waals surface area contributed by atoms with Crippen LogP contribution < -0.4 is 14.8 Å². The summed E-state index contributed by atoms with van der Waals surface area (Å²) >= 11 is 15.0. The highest BCUT2D eigenvalue weighted by Crippen LogP contribution is 2.40. The molecule has 5 nitrogen and oxygen atoms in total. The molecule has 2 aromatic rings. The molecule has 0 bridgehead atoms. The third-order valence-corrected chi connectivity index (χ3v) is 5.29. The van der Waals surface area contributed by atoms with E-state index in [0.29, 0.717) is 33.9 Å². The number of amides is 1. The molecule has 0 aliphatic carbocycles. The number of hydrogen-bond acceptors (Lipinski definition) is 4. The molecule has 2 aliphatic rings. The second kappa shape index (κ2) is 6.90. The summed E-state index contributed by atoms with van der Waals surface area (Å²) in [5.41, 5.74) is 2.02. The molecule has 0 radical (unpaired) electrons. The number of hydrogen-bond donors (Lipinski definition) is 1. The number of nitrogens with one attached hydrogen (secondary N) is 1. The molecule has 1 saturated heterocycles. The molecule has 0 spiro atoms. The Morgan fingerprint density at radius 1 is 1.31 bits per heavy atom. The lowest BCUT2D eigenvalue weighted by Gasteiger charge is -2.14. The first-order valence-electron chi connectivity index (χ1n) is 7.70. The van der Waals surface area contributed by atoms with Gasteiger partial charge in [0.05, 0.1) is 11.0 Å². The fraction of sp³-hybridized carbons (Fsp3) is 0.111. The molecule has 0 unspecified atom stereocenters. The summed E-state index contributed by atoms with van der Waals surface area (Å²) < 4.78 is 11.5. The molecule has 1 N–H and O–H groups in total. The van der Waals surface area contributed by atoms with E-state index in [2.05, 4.69) is 21.2 Å². The van der Waals surface area contributed by atoms with Crippen molar-refractivity contribution in [1.82, 2.24) is 10.2 Å². The van der Waals surface area contributed by atoms with Crippen molar-refractivity contribution in [3.63, 3.8) is 0 Å². The highest BCUT2D eigenvalue weighted by molar-refractivity contribution is 9.10. The van der Waals surface area contributed by atoms with Crippen LogP contribution in [0.15, 0.2) is 46.6 Å². The largest absolute Gasteiger partial charge is 0.454 e. The zero-order valence-electron chi connectivity index (χ0n) is 13.3. The van der Waals surface area contributed by atoms with Crippen LogP contribution in [-0.4, -0.2) is 22.7 Å². The Hall–Kier alpha value is -2.09. The first kappa shape index (κ1) is 17.3. The second-order valence-electron chi connectivity index (χ2n) is 5.71. The van der Waals surface area contributed by atoms with Crippen molar-refractivity contribution in [2.24, 2.45) is 0 Å². The molecule has 132 valence electrons. The lowest BCUT2D eigenvalue weighted by atomic mass is 10.1. The van der Waals surface area contributed by atoms with Crippen molar-refractivity contribution in [3.05, 3.63) is 62.7 Å². The van der Waals surface area contributed by atoms with Gasteiger partial charge in [0.15, 0.2) is 16.6 Å². The Morgan fingerprint density at radius 2 is 2.12 bits per heavy atom. The normalized spacial score (nSPS) is 17.2. The molecule has 1 amide bonds. The third kappa shape index (κ3) is 3.18. The summed E-state index contributed by atoms with van der Waals surface area (Å²) in [5.74, 6) is 1.09. The summed E-state index contributed by atoms with van der Waals surface area (Å²) in [4.78, 5) is 14.2. The Balaban J connectivity index is 1.60. The summed E-state index contributed by atoms with van der Waals surface area (Å²) in [7, 11) is 0. The Morgan fingerprint density at radius 3 is 2.92 bits per heavy atom. The van der Waals surface area contributed by atoms with E-state index in [0.717, 1.165) is 15.6 Å². The van der Waals surface area contributed by atoms with Crippen molar-refractivity contribution < 1.29 is 14.3 Å². The number of ether oxygens (including phenoxy) is 2. The molecule has 2 aliphatic heterocycles. The molecule has 26 heavy (non-hydrogen) atoms. The Kier molecular flexibility index (Phi) is 4.60. The first-order chi connectivity index (χ1) is 12.5. The van der Waals surface area contributed by atoms with E-state index in [4.69, 9.17) is 33.3 Å². The van der Waals surface area contributed by atoms with Gasteiger partial charge in [-0.05, 0) is 63.5 Å². The molecule has 0 atom stereocenters. The molecule has 8 heteroatoms. The maximum absolute atomic E-state index is 12.8. The minimum absolute atomic E-state index is 0.181. The molecule has 0 aromatic heterocycles. The van der Waals surface area contributed by atoms with Gasteiger partial charge in [-0.25, -0.2) is 0 Å². The number of fused-ring (bicyclic) bond motifs is 1. The van der Waals surface area contributed by atoms with Crippen LogP contribution in [0.4, 0.5) is 0 Å². The van der Waals surface area contributed by atoms with Gasteiger partial charge in [0, 0.05) is 5.02 Å². The third-order valence-electron chi connectivity index (χ3n) is 4.01. The zero-order chi connectivity index (χ0) is 18.3. The first-order valence-corrected chi connectivity index (χ1v) is 9.28. The van der Waals surface area contributed by atoms with Gasteiger partial charge in [0.25, 0.3) is 5.91 Å². The second-order valence-corrected chi connectivity index (χ2v) is 7.36. The van der Waals surface area contributed by atoms with E-state index >= 15 is 0 Å². The van der Waals surface area contributed by atoms with Gasteiger partial charge in [-0.15, -0.1) is 0 Å². The number of rotatable bonds is 3. The lowest BCUT2D eigenvalue weighted by Crippen LogP contribution is -2.30. The molecular weight excluding hydrogens is 440 g/mol. The SMILES string of the molecule is O=C1/C(=C\c2cc(Br)c3c(c2)OCO3)NC(=S)N1Cc1ccccc1Cl. The highest BCUT2D eigenvalue weighted by atomic mass is 79.9. The molecule has 4 rings (SSSR count). The van der Waals surface area contributed by atoms with Crippen LogP contribution >= 0.6 is 39.7 Å². The topological polar surface area (TPSA) is 50.8 Å². The van der Waals surface area contributed by atoms with Crippen molar-refractivity contribution in [3.8, 4) is 11.5 Å². The number of thiocarbonyl (C=S) groups is 1. The van der Waals surface area contributed by atoms with Crippen molar-refractivity contribution in [1.29, 1.82) is 0 Å². The predicted octanol–water partition coefficient (Wildman–Crippen LogP) is 4.09. The Labute approximate surface area is 168 Å². The van der Waals surface area contributed by atoms with Gasteiger partial charge in [-0.1, -0.05) is 29.8 Å². The van der Waals surface area contributed by atoms with Crippen molar-refractivity contribution in [2.75, 3.05) is 6.79 Å². The lowest BCUT2D eigenvalue weighted by molar-refractivity contribution is -0.122. The number of carbonyl (C=O) groups excluding carboxylic acids is 1. The molecular formula is C18H12BrClN2O3S. The van der Waals surface area contributed by atoms with Gasteiger partial charge >= 0.3 is 0 Å². The minimum Gasteiger partial charge on any atom is -0.454 e. The fourth-order valence-corrected chi connectivity index (χ4v) is 3.78. The van der Waals surface area contributed by atoms with E-state index in [1.165, 1.54) is 4.90 Å². The van der Waals surface area contributed by atoms with E-state index in [-0.39, 0.29) is 12.7 Å². The average molecular weight is 452 g/mol. The average Bonchev–Trinajstić information content (AvgIpc) is 3.17. The number of carbonyl (C=O) groups is 1. The van der Waals surface area contributed by atoms with Crippen LogP contribution in [0, 0.1) is 0 Å². The fourth-order valence-electron chi connectivity index (χ4n) is 2.75. The molecule has 1 fully saturated rings. The predicted molar refractivity (Wildman–Crippen MR) is 106 cm³/mol. The standard InChI is InChI=1S/C18H12BrClN2O3S/c19-12-5-10(7-15-16(12)25-9-24-15)6-14-17(23)22(18(26)21-14)8-11-3-1-2-4-13(11)20/h1-7H,8-9H2,(H,21,26)/b14-6+. The monoisotopic (exact) mass is 450 g/mol. The van der Waals surface area contributed by atoms with Gasteiger partial charge in [0.1, 0.15) is 5.70 Å². The summed E-state index contributed by atoms with van der Waals surface area (Å²) in [6, 6.07) is 11.0. The van der Waals surface area contributed by atoms with Gasteiger partial charge in [-0.2, -0.15) is 0 Å². The van der Waals surface area contributed by atoms with E-state index in [9.17, 15) is 4.79 Å². The minimum atomic E-state index is -0.205. The zero-order valence-corrected chi connectivity index (χ0v) is 16.5. The van der Waals surface area contributed by atoms with Gasteiger partial charge in [0.2, 0.25) is 6.79 Å². The summed E-state index contributed by atoms with van der Waals surface area (Å²) in [5, 5.41) is 3.91. The van der Waals surface area contributed by atoms with Crippen LogP contribution in [0.1, 0.15) is 11.1 Å². The van der Waals surface area contributed by atoms with Crippen LogP contribution in [0.3, 0.4) is 0 Å². The van der Waals surface area contributed by atoms with E-state index in [1.807, 2.05) is 30.3 Å². The quantitative estimate of drug-likeness (QED) is 0.563. The van der Waals surface area contributed by atoms with Crippen LogP contribution in [-0.2, 0) is 11.3 Å². The Bertz CT molecular complexity index is 963. The van der Waals surface area contributed by atoms with E-state index < -0.39 is 0 Å². The smallest absolute Gasteiger partial charge is 0.276 e. The van der Waals surface area contributed by atoms with Crippen LogP contribution in [0.2, 0.25) is 5.02 Å². The molecule has 2 aromatic carbocycles. The van der Waals surface area contributed by atoms with Crippen LogP contribution in [0.25, 0.3) is 6.08 Å². The maximum Gasteiger partial charge on any atom is 0.276 e. The van der Waals surface area contributed by atoms with Gasteiger partial charge < -0.3 is 14.8 Å². The van der Waals surface area contributed by atoms with Crippen molar-refractivity contribution >= 4 is 56.8 Å². The maximum atomic E-state index is 12.8. The van der Waals surface area contributed by atoms with Crippen molar-refractivity contribution in [2.45, 2.75) is 6.54 Å². The number of nitrogens with zero attached hydrogens (tertiary/aromatic N) is 1. The van der Waals surface area contributed by atoms with E-state index in [1.54, 1.807) is 12.1 Å². The molecule has 0 saturated carbocycles.